The molecule has 0 atom stereocenters. The van der Waals surface area contributed by atoms with E-state index in [0.29, 0.717) is 19.5 Å². The van der Waals surface area contributed by atoms with Crippen molar-refractivity contribution in [1.82, 2.24) is 14.9 Å². The Morgan fingerprint density at radius 2 is 1.29 bits per heavy atom. The van der Waals surface area contributed by atoms with Gasteiger partial charge in [-0.1, -0.05) is 66.7 Å². The molecule has 0 saturated heterocycles. The van der Waals surface area contributed by atoms with Crippen LogP contribution in [-0.4, -0.2) is 20.8 Å². The molecule has 0 fully saturated rings. The predicted octanol–water partition coefficient (Wildman–Crippen LogP) is 5.23. The summed E-state index contributed by atoms with van der Waals surface area (Å²) in [6.45, 7) is 1.05. The SMILES string of the molecule is O=C(CC(c1ccccc1)c1ccccc1)N(Cc1ccncc1)Cc1cccnc1. The molecule has 4 nitrogen and oxygen atoms in total. The molecular weight excluding hydrogens is 382 g/mol. The maximum Gasteiger partial charge on any atom is 0.224 e. The molecule has 154 valence electrons. The lowest BCUT2D eigenvalue weighted by atomic mass is 9.88. The minimum absolute atomic E-state index is 0.00346. The van der Waals surface area contributed by atoms with E-state index in [-0.39, 0.29) is 11.8 Å². The van der Waals surface area contributed by atoms with Crippen LogP contribution in [0.5, 0.6) is 0 Å². The van der Waals surface area contributed by atoms with Crippen molar-refractivity contribution in [3.63, 3.8) is 0 Å². The van der Waals surface area contributed by atoms with E-state index in [1.54, 1.807) is 18.6 Å². The summed E-state index contributed by atoms with van der Waals surface area (Å²) in [7, 11) is 0. The Morgan fingerprint density at radius 3 is 1.87 bits per heavy atom. The molecule has 4 aromatic rings. The second kappa shape index (κ2) is 10.3. The Labute approximate surface area is 183 Å². The molecule has 1 amide bonds. The minimum atomic E-state index is 0.00346. The summed E-state index contributed by atoms with van der Waals surface area (Å²) in [5.74, 6) is 0.113. The van der Waals surface area contributed by atoms with Gasteiger partial charge in [0.05, 0.1) is 0 Å². The number of amides is 1. The van der Waals surface area contributed by atoms with E-state index in [2.05, 4.69) is 34.2 Å². The van der Waals surface area contributed by atoms with Crippen LogP contribution in [-0.2, 0) is 17.9 Å². The Hall–Kier alpha value is -3.79. The zero-order valence-electron chi connectivity index (χ0n) is 17.3. The van der Waals surface area contributed by atoms with Gasteiger partial charge in [0.1, 0.15) is 0 Å². The van der Waals surface area contributed by atoms with Crippen LogP contribution in [0.2, 0.25) is 0 Å². The summed E-state index contributed by atoms with van der Waals surface area (Å²) in [6, 6.07) is 28.3. The van der Waals surface area contributed by atoms with Crippen molar-refractivity contribution in [1.29, 1.82) is 0 Å². The monoisotopic (exact) mass is 407 g/mol. The Kier molecular flexibility index (Phi) is 6.81. The van der Waals surface area contributed by atoms with Crippen LogP contribution in [0.15, 0.2) is 110 Å². The van der Waals surface area contributed by atoms with Gasteiger partial charge < -0.3 is 4.90 Å². The number of nitrogens with zero attached hydrogens (tertiary/aromatic N) is 3. The third kappa shape index (κ3) is 5.64. The second-order valence-electron chi connectivity index (χ2n) is 7.54. The van der Waals surface area contributed by atoms with Gasteiger partial charge in [-0.2, -0.15) is 0 Å². The average molecular weight is 408 g/mol. The van der Waals surface area contributed by atoms with Crippen LogP contribution in [0.3, 0.4) is 0 Å². The molecule has 0 spiro atoms. The number of pyridine rings is 2. The molecule has 2 heterocycles. The molecule has 31 heavy (non-hydrogen) atoms. The van der Waals surface area contributed by atoms with E-state index >= 15 is 0 Å². The highest BCUT2D eigenvalue weighted by Gasteiger charge is 2.22. The number of rotatable bonds is 8. The molecule has 0 radical (unpaired) electrons. The summed E-state index contributed by atoms with van der Waals surface area (Å²) in [6.07, 6.45) is 7.50. The number of benzene rings is 2. The summed E-state index contributed by atoms with van der Waals surface area (Å²) in [5.41, 5.74) is 4.36. The maximum absolute atomic E-state index is 13.6. The normalized spacial score (nSPS) is 10.7. The zero-order chi connectivity index (χ0) is 21.3. The minimum Gasteiger partial charge on any atom is -0.334 e. The molecule has 2 aromatic carbocycles. The topological polar surface area (TPSA) is 46.1 Å². The average Bonchev–Trinajstić information content (AvgIpc) is 2.84. The van der Waals surface area contributed by atoms with Gasteiger partial charge in [0.15, 0.2) is 0 Å². The molecular formula is C27H25N3O. The highest BCUT2D eigenvalue weighted by molar-refractivity contribution is 5.78. The van der Waals surface area contributed by atoms with E-state index in [9.17, 15) is 4.79 Å². The lowest BCUT2D eigenvalue weighted by Gasteiger charge is -2.26. The first-order chi connectivity index (χ1) is 15.3. The second-order valence-corrected chi connectivity index (χ2v) is 7.54. The summed E-state index contributed by atoms with van der Waals surface area (Å²) in [4.78, 5) is 23.8. The summed E-state index contributed by atoms with van der Waals surface area (Å²) >= 11 is 0. The van der Waals surface area contributed by atoms with Gasteiger partial charge in [-0.05, 0) is 40.5 Å². The van der Waals surface area contributed by atoms with Crippen LogP contribution < -0.4 is 0 Å². The van der Waals surface area contributed by atoms with Crippen LogP contribution in [0, 0.1) is 0 Å². The summed E-state index contributed by atoms with van der Waals surface area (Å²) < 4.78 is 0. The first-order valence-electron chi connectivity index (χ1n) is 10.4. The smallest absolute Gasteiger partial charge is 0.224 e. The Bertz CT molecular complexity index is 990. The van der Waals surface area contributed by atoms with Gasteiger partial charge in [-0.25, -0.2) is 0 Å². The third-order valence-corrected chi connectivity index (χ3v) is 5.35. The van der Waals surface area contributed by atoms with Gasteiger partial charge in [-0.15, -0.1) is 0 Å². The molecule has 0 aliphatic rings. The van der Waals surface area contributed by atoms with Crippen LogP contribution in [0.25, 0.3) is 0 Å². The predicted molar refractivity (Wildman–Crippen MR) is 122 cm³/mol. The molecule has 4 heteroatoms. The Balaban J connectivity index is 1.61. The van der Waals surface area contributed by atoms with Crippen LogP contribution >= 0.6 is 0 Å². The molecule has 0 saturated carbocycles. The van der Waals surface area contributed by atoms with E-state index in [4.69, 9.17) is 0 Å². The van der Waals surface area contributed by atoms with Crippen molar-refractivity contribution in [3.05, 3.63) is 132 Å². The molecule has 0 bridgehead atoms. The van der Waals surface area contributed by atoms with Gasteiger partial charge in [0.2, 0.25) is 5.91 Å². The third-order valence-electron chi connectivity index (χ3n) is 5.35. The quantitative estimate of drug-likeness (QED) is 0.402. The highest BCUT2D eigenvalue weighted by atomic mass is 16.2. The van der Waals surface area contributed by atoms with Crippen LogP contribution in [0.4, 0.5) is 0 Å². The molecule has 0 N–H and O–H groups in total. The lowest BCUT2D eigenvalue weighted by molar-refractivity contribution is -0.132. The van der Waals surface area contributed by atoms with E-state index in [1.165, 1.54) is 0 Å². The first kappa shape index (κ1) is 20.5. The molecule has 4 rings (SSSR count). The van der Waals surface area contributed by atoms with E-state index in [0.717, 1.165) is 22.3 Å². The maximum atomic E-state index is 13.6. The molecule has 0 unspecified atom stereocenters. The van der Waals surface area contributed by atoms with E-state index in [1.807, 2.05) is 71.8 Å². The van der Waals surface area contributed by atoms with Crippen molar-refractivity contribution in [2.24, 2.45) is 0 Å². The standard InChI is InChI=1S/C27H25N3O/c31-27(18-26(24-9-3-1-4-10-24)25-11-5-2-6-12-25)30(20-22-13-16-28-17-14-22)21-23-8-7-15-29-19-23/h1-17,19,26H,18,20-21H2. The fraction of sp³-hybridized carbons (Fsp3) is 0.148. The van der Waals surface area contributed by atoms with Crippen molar-refractivity contribution in [2.45, 2.75) is 25.4 Å². The van der Waals surface area contributed by atoms with Gasteiger partial charge in [-0.3, -0.25) is 14.8 Å². The number of hydrogen-bond donors (Lipinski definition) is 0. The summed E-state index contributed by atoms with van der Waals surface area (Å²) in [5, 5.41) is 0. The molecule has 2 aromatic heterocycles. The van der Waals surface area contributed by atoms with Crippen molar-refractivity contribution in [2.75, 3.05) is 0 Å². The van der Waals surface area contributed by atoms with Gasteiger partial charge in [0, 0.05) is 50.2 Å². The number of hydrogen-bond acceptors (Lipinski definition) is 3. The first-order valence-corrected chi connectivity index (χ1v) is 10.4. The largest absolute Gasteiger partial charge is 0.334 e. The van der Waals surface area contributed by atoms with Gasteiger partial charge >= 0.3 is 0 Å². The lowest BCUT2D eigenvalue weighted by Crippen LogP contribution is -2.31. The van der Waals surface area contributed by atoms with Crippen molar-refractivity contribution >= 4 is 5.91 Å². The molecule has 0 aliphatic carbocycles. The highest BCUT2D eigenvalue weighted by Crippen LogP contribution is 2.29. The number of carbonyl (C=O) groups excluding carboxylic acids is 1. The van der Waals surface area contributed by atoms with Crippen LogP contribution in [0.1, 0.15) is 34.6 Å². The molecule has 0 aliphatic heterocycles. The van der Waals surface area contributed by atoms with Crippen molar-refractivity contribution in [3.8, 4) is 0 Å². The van der Waals surface area contributed by atoms with E-state index < -0.39 is 0 Å². The fourth-order valence-electron chi connectivity index (χ4n) is 3.76. The van der Waals surface area contributed by atoms with Gasteiger partial charge in [0.25, 0.3) is 0 Å². The number of carbonyl (C=O) groups is 1. The number of aromatic nitrogens is 2. The fourth-order valence-corrected chi connectivity index (χ4v) is 3.76. The Morgan fingerprint density at radius 1 is 0.677 bits per heavy atom. The van der Waals surface area contributed by atoms with Crippen molar-refractivity contribution < 1.29 is 4.79 Å². The zero-order valence-corrected chi connectivity index (χ0v) is 17.3.